The minimum absolute atomic E-state index is 0.0210. The van der Waals surface area contributed by atoms with Gasteiger partial charge in [-0.1, -0.05) is 30.3 Å². The van der Waals surface area contributed by atoms with E-state index in [-0.39, 0.29) is 18.4 Å². The molecule has 0 radical (unpaired) electrons. The van der Waals surface area contributed by atoms with Crippen molar-refractivity contribution in [1.82, 2.24) is 20.4 Å². The van der Waals surface area contributed by atoms with Gasteiger partial charge in [-0.3, -0.25) is 14.5 Å². The summed E-state index contributed by atoms with van der Waals surface area (Å²) >= 11 is 0. The van der Waals surface area contributed by atoms with Crippen LogP contribution in [0.1, 0.15) is 34.5 Å². The normalized spacial score (nSPS) is 15.1. The number of aryl methyl sites for hydroxylation is 1. The van der Waals surface area contributed by atoms with Crippen molar-refractivity contribution in [2.24, 2.45) is 0 Å². The van der Waals surface area contributed by atoms with Crippen LogP contribution in [0, 0.1) is 6.92 Å². The Labute approximate surface area is 178 Å². The van der Waals surface area contributed by atoms with Gasteiger partial charge in [0.25, 0.3) is 5.91 Å². The zero-order valence-corrected chi connectivity index (χ0v) is 17.7. The van der Waals surface area contributed by atoms with Crippen molar-refractivity contribution < 1.29 is 14.0 Å². The van der Waals surface area contributed by atoms with Gasteiger partial charge in [0.05, 0.1) is 18.4 Å². The molecule has 1 aromatic carbocycles. The van der Waals surface area contributed by atoms with Crippen LogP contribution in [0.4, 0.5) is 0 Å². The molecule has 0 aliphatic carbocycles. The SMILES string of the molecule is Cc1occc1C(=O)NCC(=O)NCCCCN1CCN(Cc2ccccc2)CC1. The van der Waals surface area contributed by atoms with E-state index in [0.717, 1.165) is 52.1 Å². The molecule has 2 heterocycles. The lowest BCUT2D eigenvalue weighted by Gasteiger charge is -2.34. The lowest BCUT2D eigenvalue weighted by atomic mass is 10.2. The second-order valence-electron chi connectivity index (χ2n) is 7.73. The highest BCUT2D eigenvalue weighted by Crippen LogP contribution is 2.09. The molecule has 2 amide bonds. The molecule has 1 fully saturated rings. The lowest BCUT2D eigenvalue weighted by Crippen LogP contribution is -2.46. The molecule has 7 nitrogen and oxygen atoms in total. The molecular weight excluding hydrogens is 380 g/mol. The Morgan fingerprint density at radius 3 is 2.40 bits per heavy atom. The highest BCUT2D eigenvalue weighted by molar-refractivity contribution is 5.97. The predicted molar refractivity (Wildman–Crippen MR) is 116 cm³/mol. The largest absolute Gasteiger partial charge is 0.469 e. The molecule has 3 rings (SSSR count). The third kappa shape index (κ3) is 7.00. The number of nitrogens with one attached hydrogen (secondary N) is 2. The first-order chi connectivity index (χ1) is 14.6. The van der Waals surface area contributed by atoms with Gasteiger partial charge in [0.2, 0.25) is 5.91 Å². The van der Waals surface area contributed by atoms with Crippen LogP contribution in [0.5, 0.6) is 0 Å². The summed E-state index contributed by atoms with van der Waals surface area (Å²) in [6, 6.07) is 12.2. The van der Waals surface area contributed by atoms with Crippen molar-refractivity contribution in [2.75, 3.05) is 45.8 Å². The second kappa shape index (κ2) is 11.5. The van der Waals surface area contributed by atoms with E-state index in [1.165, 1.54) is 11.8 Å². The number of nitrogens with zero attached hydrogens (tertiary/aromatic N) is 2. The van der Waals surface area contributed by atoms with Gasteiger partial charge >= 0.3 is 0 Å². The molecule has 0 unspecified atom stereocenters. The van der Waals surface area contributed by atoms with Crippen molar-refractivity contribution in [2.45, 2.75) is 26.3 Å². The molecule has 2 N–H and O–H groups in total. The smallest absolute Gasteiger partial charge is 0.255 e. The standard InChI is InChI=1S/C23H32N4O3/c1-19-21(9-16-30-19)23(29)25-17-22(28)24-10-5-6-11-26-12-14-27(15-13-26)18-20-7-3-2-4-8-20/h2-4,7-9,16H,5-6,10-15,17-18H2,1H3,(H,24,28)(H,25,29). The van der Waals surface area contributed by atoms with Gasteiger partial charge in [-0.15, -0.1) is 0 Å². The Morgan fingerprint density at radius 1 is 0.967 bits per heavy atom. The van der Waals surface area contributed by atoms with Crippen molar-refractivity contribution in [3.8, 4) is 0 Å². The van der Waals surface area contributed by atoms with Crippen molar-refractivity contribution >= 4 is 11.8 Å². The van der Waals surface area contributed by atoms with Gasteiger partial charge in [0.15, 0.2) is 0 Å². The van der Waals surface area contributed by atoms with Gasteiger partial charge < -0.3 is 20.0 Å². The van der Waals surface area contributed by atoms with E-state index in [1.54, 1.807) is 13.0 Å². The first kappa shape index (κ1) is 22.1. The number of hydrogen-bond donors (Lipinski definition) is 2. The van der Waals surface area contributed by atoms with E-state index in [9.17, 15) is 9.59 Å². The van der Waals surface area contributed by atoms with E-state index in [0.29, 0.717) is 17.9 Å². The van der Waals surface area contributed by atoms with Crippen LogP contribution >= 0.6 is 0 Å². The third-order valence-electron chi connectivity index (χ3n) is 5.45. The van der Waals surface area contributed by atoms with Crippen molar-refractivity contribution in [1.29, 1.82) is 0 Å². The fraction of sp³-hybridized carbons (Fsp3) is 0.478. The summed E-state index contributed by atoms with van der Waals surface area (Å²) in [5, 5.41) is 5.48. The first-order valence-electron chi connectivity index (χ1n) is 10.7. The van der Waals surface area contributed by atoms with Crippen LogP contribution in [0.3, 0.4) is 0 Å². The number of carbonyl (C=O) groups is 2. The summed E-state index contributed by atoms with van der Waals surface area (Å²) in [7, 11) is 0. The second-order valence-corrected chi connectivity index (χ2v) is 7.73. The average Bonchev–Trinajstić information content (AvgIpc) is 3.19. The van der Waals surface area contributed by atoms with Gasteiger partial charge in [-0.05, 0) is 37.9 Å². The Bertz CT molecular complexity index is 798. The van der Waals surface area contributed by atoms with Gasteiger partial charge in [0, 0.05) is 39.3 Å². The quantitative estimate of drug-likeness (QED) is 0.584. The molecular formula is C23H32N4O3. The zero-order chi connectivity index (χ0) is 21.2. The number of hydrogen-bond acceptors (Lipinski definition) is 5. The lowest BCUT2D eigenvalue weighted by molar-refractivity contribution is -0.120. The van der Waals surface area contributed by atoms with E-state index < -0.39 is 0 Å². The summed E-state index contributed by atoms with van der Waals surface area (Å²) in [5.41, 5.74) is 1.84. The number of benzene rings is 1. The van der Waals surface area contributed by atoms with Gasteiger partial charge in [0.1, 0.15) is 5.76 Å². The van der Waals surface area contributed by atoms with Crippen LogP contribution in [0.25, 0.3) is 0 Å². The Hall–Kier alpha value is -2.64. The van der Waals surface area contributed by atoms with E-state index in [4.69, 9.17) is 4.42 Å². The number of furan rings is 1. The fourth-order valence-electron chi connectivity index (χ4n) is 3.64. The van der Waals surface area contributed by atoms with Crippen molar-refractivity contribution in [3.63, 3.8) is 0 Å². The topological polar surface area (TPSA) is 77.8 Å². The van der Waals surface area contributed by atoms with Gasteiger partial charge in [-0.2, -0.15) is 0 Å². The number of carbonyl (C=O) groups excluding carboxylic acids is 2. The highest BCUT2D eigenvalue weighted by atomic mass is 16.3. The fourth-order valence-corrected chi connectivity index (χ4v) is 3.64. The van der Waals surface area contributed by atoms with Crippen LogP contribution in [-0.4, -0.2) is 67.4 Å². The number of piperazine rings is 1. The molecule has 0 bridgehead atoms. The number of rotatable bonds is 10. The molecule has 1 saturated heterocycles. The molecule has 0 saturated carbocycles. The van der Waals surface area contributed by atoms with E-state index in [1.807, 2.05) is 0 Å². The summed E-state index contributed by atoms with van der Waals surface area (Å²) in [6.07, 6.45) is 3.46. The van der Waals surface area contributed by atoms with Crippen LogP contribution in [0.15, 0.2) is 47.1 Å². The number of amides is 2. The predicted octanol–water partition coefficient (Wildman–Crippen LogP) is 2.03. The van der Waals surface area contributed by atoms with E-state index in [2.05, 4.69) is 50.8 Å². The van der Waals surface area contributed by atoms with E-state index >= 15 is 0 Å². The first-order valence-corrected chi connectivity index (χ1v) is 10.7. The molecule has 162 valence electrons. The average molecular weight is 413 g/mol. The maximum atomic E-state index is 11.9. The Kier molecular flexibility index (Phi) is 8.47. The molecule has 30 heavy (non-hydrogen) atoms. The van der Waals surface area contributed by atoms with Gasteiger partial charge in [-0.25, -0.2) is 0 Å². The number of unbranched alkanes of at least 4 members (excludes halogenated alkanes) is 1. The molecule has 1 aromatic heterocycles. The minimum atomic E-state index is -0.289. The Balaban J connectivity index is 1.21. The summed E-state index contributed by atoms with van der Waals surface area (Å²) in [5.74, 6) is 0.0932. The molecule has 0 spiro atoms. The molecule has 0 atom stereocenters. The molecule has 1 aliphatic rings. The van der Waals surface area contributed by atoms with Crippen LogP contribution in [-0.2, 0) is 11.3 Å². The summed E-state index contributed by atoms with van der Waals surface area (Å²) < 4.78 is 5.10. The van der Waals surface area contributed by atoms with Crippen LogP contribution < -0.4 is 10.6 Å². The maximum Gasteiger partial charge on any atom is 0.255 e. The Morgan fingerprint density at radius 2 is 1.70 bits per heavy atom. The third-order valence-corrected chi connectivity index (χ3v) is 5.45. The maximum absolute atomic E-state index is 11.9. The summed E-state index contributed by atoms with van der Waals surface area (Å²) in [6.45, 7) is 8.81. The molecule has 7 heteroatoms. The molecule has 2 aromatic rings. The molecule has 1 aliphatic heterocycles. The van der Waals surface area contributed by atoms with Crippen LogP contribution in [0.2, 0.25) is 0 Å². The summed E-state index contributed by atoms with van der Waals surface area (Å²) in [4.78, 5) is 28.8. The minimum Gasteiger partial charge on any atom is -0.469 e. The zero-order valence-electron chi connectivity index (χ0n) is 17.7. The monoisotopic (exact) mass is 412 g/mol. The van der Waals surface area contributed by atoms with Crippen molar-refractivity contribution in [3.05, 3.63) is 59.5 Å². The highest BCUT2D eigenvalue weighted by Gasteiger charge is 2.16.